The van der Waals surface area contributed by atoms with Crippen molar-refractivity contribution in [1.29, 1.82) is 0 Å². The first-order chi connectivity index (χ1) is 14.0. The highest BCUT2D eigenvalue weighted by molar-refractivity contribution is 7.87. The highest BCUT2D eigenvalue weighted by atomic mass is 32.2. The standard InChI is InChI=1S/C17H18N4O6S3/c1-11-6-4-5-7-13(11)21(29(24)25)14-8-15(28-16(14)17(22)23)12-9-18-20(10-12)30(26,27)19(2)3/h4-10H,1-3H3,(H,22,23)(H,24,25). The first kappa shape index (κ1) is 22.1. The van der Waals surface area contributed by atoms with Gasteiger partial charge in [0.1, 0.15) is 4.88 Å². The Labute approximate surface area is 179 Å². The van der Waals surface area contributed by atoms with Crippen LogP contribution in [-0.4, -0.2) is 55.8 Å². The van der Waals surface area contributed by atoms with Crippen molar-refractivity contribution >= 4 is 50.2 Å². The van der Waals surface area contributed by atoms with Crippen LogP contribution >= 0.6 is 11.3 Å². The van der Waals surface area contributed by atoms with Crippen molar-refractivity contribution in [2.75, 3.05) is 18.4 Å². The minimum absolute atomic E-state index is 0.0147. The number of aromatic carboxylic acids is 1. The lowest BCUT2D eigenvalue weighted by molar-refractivity contribution is 0.0703. The number of carboxylic acid groups (broad SMARTS) is 1. The van der Waals surface area contributed by atoms with E-state index in [1.165, 1.54) is 32.6 Å². The molecule has 2 heterocycles. The SMILES string of the molecule is Cc1ccccc1N(c1cc(-c2cnn(S(=O)(=O)N(C)C)c2)sc1C(=O)O)S(=O)O. The maximum absolute atomic E-state index is 12.2. The molecule has 1 aromatic carbocycles. The lowest BCUT2D eigenvalue weighted by Gasteiger charge is -2.21. The van der Waals surface area contributed by atoms with Crippen molar-refractivity contribution in [3.63, 3.8) is 0 Å². The Morgan fingerprint density at radius 2 is 1.90 bits per heavy atom. The number of para-hydroxylation sites is 1. The van der Waals surface area contributed by atoms with Gasteiger partial charge >= 0.3 is 16.2 Å². The molecule has 0 spiro atoms. The Kier molecular flexibility index (Phi) is 6.10. The molecule has 13 heteroatoms. The van der Waals surface area contributed by atoms with Crippen molar-refractivity contribution in [1.82, 2.24) is 13.5 Å². The van der Waals surface area contributed by atoms with E-state index in [-0.39, 0.29) is 10.6 Å². The minimum Gasteiger partial charge on any atom is -0.477 e. The van der Waals surface area contributed by atoms with E-state index in [9.17, 15) is 27.1 Å². The van der Waals surface area contributed by atoms with Crippen molar-refractivity contribution in [3.8, 4) is 10.4 Å². The number of carboxylic acids is 1. The average Bonchev–Trinajstić information content (AvgIpc) is 3.30. The van der Waals surface area contributed by atoms with Crippen LogP contribution in [0.2, 0.25) is 0 Å². The monoisotopic (exact) mass is 470 g/mol. The molecule has 0 radical (unpaired) electrons. The topological polar surface area (TPSA) is 133 Å². The zero-order chi connectivity index (χ0) is 22.2. The van der Waals surface area contributed by atoms with E-state index < -0.39 is 27.4 Å². The van der Waals surface area contributed by atoms with Gasteiger partial charge in [-0.1, -0.05) is 18.2 Å². The van der Waals surface area contributed by atoms with Gasteiger partial charge in [0.15, 0.2) is 0 Å². The summed E-state index contributed by atoms with van der Waals surface area (Å²) in [5.74, 6) is -1.28. The van der Waals surface area contributed by atoms with Crippen LogP contribution in [0.25, 0.3) is 10.4 Å². The summed E-state index contributed by atoms with van der Waals surface area (Å²) in [6.07, 6.45) is 2.54. The number of hydrogen-bond donors (Lipinski definition) is 2. The van der Waals surface area contributed by atoms with Crippen LogP contribution in [0.5, 0.6) is 0 Å². The van der Waals surface area contributed by atoms with Crippen LogP contribution in [0.15, 0.2) is 42.7 Å². The number of anilines is 2. The zero-order valence-corrected chi connectivity index (χ0v) is 18.5. The van der Waals surface area contributed by atoms with Crippen LogP contribution in [-0.2, 0) is 21.5 Å². The molecule has 0 bridgehead atoms. The average molecular weight is 471 g/mol. The molecule has 1 unspecified atom stereocenters. The Bertz CT molecular complexity index is 1230. The first-order valence-electron chi connectivity index (χ1n) is 8.36. The fourth-order valence-electron chi connectivity index (χ4n) is 2.64. The summed E-state index contributed by atoms with van der Waals surface area (Å²) in [5, 5.41) is 13.5. The normalized spacial score (nSPS) is 12.8. The van der Waals surface area contributed by atoms with Crippen LogP contribution in [0.4, 0.5) is 11.4 Å². The summed E-state index contributed by atoms with van der Waals surface area (Å²) in [6.45, 7) is 1.74. The number of thiophene rings is 1. The lowest BCUT2D eigenvalue weighted by Crippen LogP contribution is -2.29. The predicted molar refractivity (Wildman–Crippen MR) is 115 cm³/mol. The third kappa shape index (κ3) is 4.02. The second kappa shape index (κ2) is 8.28. The molecule has 0 saturated carbocycles. The molecule has 1 atom stereocenters. The van der Waals surface area contributed by atoms with E-state index in [2.05, 4.69) is 5.10 Å². The van der Waals surface area contributed by atoms with E-state index in [0.29, 0.717) is 21.7 Å². The van der Waals surface area contributed by atoms with Gasteiger partial charge in [-0.2, -0.15) is 21.9 Å². The van der Waals surface area contributed by atoms with Gasteiger partial charge in [0, 0.05) is 24.5 Å². The first-order valence-corrected chi connectivity index (χ1v) is 11.6. The Morgan fingerprint density at radius 3 is 2.47 bits per heavy atom. The fraction of sp³-hybridized carbons (Fsp3) is 0.176. The smallest absolute Gasteiger partial charge is 0.348 e. The molecule has 0 aliphatic rings. The summed E-state index contributed by atoms with van der Waals surface area (Å²) >= 11 is -1.70. The molecule has 3 rings (SSSR count). The molecule has 3 aromatic rings. The fourth-order valence-corrected chi connectivity index (χ4v) is 5.09. The van der Waals surface area contributed by atoms with Crippen molar-refractivity contribution in [2.45, 2.75) is 6.92 Å². The van der Waals surface area contributed by atoms with Gasteiger partial charge in [-0.05, 0) is 24.6 Å². The molecule has 160 valence electrons. The number of carbonyl (C=O) groups is 1. The quantitative estimate of drug-likeness (QED) is 0.507. The maximum Gasteiger partial charge on any atom is 0.348 e. The van der Waals surface area contributed by atoms with Gasteiger partial charge < -0.3 is 5.11 Å². The third-order valence-electron chi connectivity index (χ3n) is 4.16. The van der Waals surface area contributed by atoms with E-state index >= 15 is 0 Å². The molecular formula is C17H18N4O6S3. The van der Waals surface area contributed by atoms with Crippen molar-refractivity contribution < 1.29 is 27.1 Å². The second-order valence-corrected chi connectivity index (χ2v) is 10.2. The maximum atomic E-state index is 12.2. The summed E-state index contributed by atoms with van der Waals surface area (Å²) in [7, 11) is -1.11. The highest BCUT2D eigenvalue weighted by Gasteiger charge is 2.27. The zero-order valence-electron chi connectivity index (χ0n) is 16.1. The largest absolute Gasteiger partial charge is 0.477 e. The Hall–Kier alpha value is -2.58. The third-order valence-corrected chi connectivity index (χ3v) is 7.62. The molecule has 0 aliphatic heterocycles. The minimum atomic E-state index is -3.83. The Morgan fingerprint density at radius 1 is 1.23 bits per heavy atom. The molecule has 0 amide bonds. The molecule has 0 saturated heterocycles. The van der Waals surface area contributed by atoms with Gasteiger partial charge in [-0.25, -0.2) is 13.3 Å². The second-order valence-electron chi connectivity index (χ2n) is 6.33. The van der Waals surface area contributed by atoms with Crippen molar-refractivity contribution in [3.05, 3.63) is 53.2 Å². The van der Waals surface area contributed by atoms with E-state index in [0.717, 1.165) is 24.0 Å². The molecule has 2 N–H and O–H groups in total. The van der Waals surface area contributed by atoms with Gasteiger partial charge in [-0.3, -0.25) is 4.55 Å². The molecule has 0 fully saturated rings. The highest BCUT2D eigenvalue weighted by Crippen LogP contribution is 2.41. The molecule has 0 aliphatic carbocycles. The van der Waals surface area contributed by atoms with Gasteiger partial charge in [0.05, 0.1) is 23.8 Å². The van der Waals surface area contributed by atoms with Crippen LogP contribution in [0.3, 0.4) is 0 Å². The molecule has 10 nitrogen and oxygen atoms in total. The van der Waals surface area contributed by atoms with Crippen LogP contribution in [0, 0.1) is 6.92 Å². The number of nitrogens with zero attached hydrogens (tertiary/aromatic N) is 4. The van der Waals surface area contributed by atoms with Crippen LogP contribution < -0.4 is 4.31 Å². The van der Waals surface area contributed by atoms with E-state index in [1.54, 1.807) is 31.2 Å². The van der Waals surface area contributed by atoms with Gasteiger partial charge in [-0.15, -0.1) is 11.3 Å². The lowest BCUT2D eigenvalue weighted by atomic mass is 10.2. The predicted octanol–water partition coefficient (Wildman–Crippen LogP) is 2.55. The molecule has 30 heavy (non-hydrogen) atoms. The van der Waals surface area contributed by atoms with E-state index in [4.69, 9.17) is 0 Å². The number of aromatic nitrogens is 2. The van der Waals surface area contributed by atoms with Gasteiger partial charge in [0.25, 0.3) is 11.3 Å². The van der Waals surface area contributed by atoms with Crippen molar-refractivity contribution in [2.24, 2.45) is 0 Å². The summed E-state index contributed by atoms with van der Waals surface area (Å²) < 4.78 is 49.3. The summed E-state index contributed by atoms with van der Waals surface area (Å²) in [6, 6.07) is 8.20. The van der Waals surface area contributed by atoms with Crippen LogP contribution in [0.1, 0.15) is 15.2 Å². The number of aryl methyl sites for hydroxylation is 1. The van der Waals surface area contributed by atoms with Gasteiger partial charge in [0.2, 0.25) is 0 Å². The Balaban J connectivity index is 2.15. The molecule has 2 aromatic heterocycles. The van der Waals surface area contributed by atoms with E-state index in [1.807, 2.05) is 0 Å². The number of rotatable bonds is 7. The number of benzene rings is 1. The summed E-state index contributed by atoms with van der Waals surface area (Å²) in [5.41, 5.74) is 1.42. The summed E-state index contributed by atoms with van der Waals surface area (Å²) in [4.78, 5) is 12.1. The number of hydrogen-bond acceptors (Lipinski definition) is 6. The molecular weight excluding hydrogens is 452 g/mol.